The molecule has 0 amide bonds. The topological polar surface area (TPSA) is 147 Å². The van der Waals surface area contributed by atoms with E-state index < -0.39 is 35.5 Å². The number of aromatic nitrogens is 1. The Morgan fingerprint density at radius 3 is 1.53 bits per heavy atom. The van der Waals surface area contributed by atoms with Gasteiger partial charge in [-0.15, -0.1) is 0 Å². The lowest BCUT2D eigenvalue weighted by molar-refractivity contribution is 0.458. The van der Waals surface area contributed by atoms with Gasteiger partial charge in [0.25, 0.3) is 0 Å². The Kier molecular flexibility index (Phi) is 2.69. The van der Waals surface area contributed by atoms with Crippen molar-refractivity contribution in [3.8, 4) is 0 Å². The number of H-pyrrole nitrogens is 1. The second-order valence-electron chi connectivity index (χ2n) is 2.42. The molecule has 84 valence electrons. The molecular weight excluding hydrogens is 250 g/mol. The second-order valence-corrected chi connectivity index (χ2v) is 5.12. The van der Waals surface area contributed by atoms with Gasteiger partial charge in [0.05, 0.1) is 0 Å². The van der Waals surface area contributed by atoms with Gasteiger partial charge in [-0.05, 0) is 0 Å². The van der Waals surface area contributed by atoms with Gasteiger partial charge in [0.1, 0.15) is 30.0 Å². The molecule has 0 fully saturated rings. The van der Waals surface area contributed by atoms with Crippen molar-refractivity contribution in [1.29, 1.82) is 0 Å². The highest BCUT2D eigenvalue weighted by molar-refractivity contribution is 7.86. The summed E-state index contributed by atoms with van der Waals surface area (Å²) in [6, 6.07) is 0. The lowest BCUT2D eigenvalue weighted by Gasteiger charge is -2.09. The fraction of sp³-hybridized carbons (Fsp3) is 0. The molecule has 0 saturated carbocycles. The molecule has 0 aliphatic heterocycles. The van der Waals surface area contributed by atoms with Crippen LogP contribution in [0.25, 0.3) is 0 Å². The van der Waals surface area contributed by atoms with Gasteiger partial charge in [-0.25, -0.2) is 16.8 Å². The number of hydrogen-bond acceptors (Lipinski definition) is 7. The first kappa shape index (κ1) is 11.8. The summed E-state index contributed by atoms with van der Waals surface area (Å²) in [6.07, 6.45) is 1.03. The molecule has 0 unspecified atom stereocenters. The molecule has 1 rings (SSSR count). The summed E-state index contributed by atoms with van der Waals surface area (Å²) >= 11 is 0. The van der Waals surface area contributed by atoms with Crippen LogP contribution in [0.1, 0.15) is 0 Å². The molecule has 0 spiro atoms. The molecule has 0 bridgehead atoms. The van der Waals surface area contributed by atoms with E-state index in [0.717, 1.165) is 0 Å². The number of hydrogen-bond donors (Lipinski definition) is 1. The number of aromatic amines is 1. The minimum atomic E-state index is -5.11. The van der Waals surface area contributed by atoms with Gasteiger partial charge in [-0.1, -0.05) is 0 Å². The Balaban J connectivity index is 3.74. The molecular formula is C5H3NO7S2-2. The molecule has 1 heterocycles. The smallest absolute Gasteiger partial charge is 0.216 e. The van der Waals surface area contributed by atoms with Gasteiger partial charge in [0.15, 0.2) is 0 Å². The maximum absolute atomic E-state index is 11.1. The molecule has 1 N–H and O–H groups in total. The van der Waals surface area contributed by atoms with Crippen LogP contribution in [0.2, 0.25) is 0 Å². The maximum Gasteiger partial charge on any atom is 0.216 e. The molecule has 15 heavy (non-hydrogen) atoms. The highest BCUT2D eigenvalue weighted by atomic mass is 32.2. The van der Waals surface area contributed by atoms with Crippen molar-refractivity contribution in [2.75, 3.05) is 0 Å². The van der Waals surface area contributed by atoms with Crippen molar-refractivity contribution in [2.45, 2.75) is 9.79 Å². The fourth-order valence-electron chi connectivity index (χ4n) is 0.817. The van der Waals surface area contributed by atoms with E-state index in [1.165, 1.54) is 0 Å². The third kappa shape index (κ3) is 2.41. The van der Waals surface area contributed by atoms with Gasteiger partial charge in [0, 0.05) is 12.4 Å². The Morgan fingerprint density at radius 2 is 1.27 bits per heavy atom. The van der Waals surface area contributed by atoms with Gasteiger partial charge >= 0.3 is 0 Å². The van der Waals surface area contributed by atoms with Gasteiger partial charge < -0.3 is 14.1 Å². The van der Waals surface area contributed by atoms with Crippen molar-refractivity contribution in [2.24, 2.45) is 0 Å². The monoisotopic (exact) mass is 253 g/mol. The summed E-state index contributed by atoms with van der Waals surface area (Å²) in [5, 5.41) is 0. The summed E-state index contributed by atoms with van der Waals surface area (Å²) in [7, 11) is -10.2. The third-order valence-corrected chi connectivity index (χ3v) is 3.10. The van der Waals surface area contributed by atoms with Crippen LogP contribution in [-0.2, 0) is 20.2 Å². The lowest BCUT2D eigenvalue weighted by atomic mass is 10.5. The zero-order valence-electron chi connectivity index (χ0n) is 6.83. The summed E-state index contributed by atoms with van der Waals surface area (Å²) in [5.74, 6) is 0. The second kappa shape index (κ2) is 3.41. The summed E-state index contributed by atoms with van der Waals surface area (Å²) < 4.78 is 62.8. The van der Waals surface area contributed by atoms with E-state index >= 15 is 0 Å². The zero-order valence-corrected chi connectivity index (χ0v) is 8.46. The zero-order chi connectivity index (χ0) is 11.9. The van der Waals surface area contributed by atoms with Crippen LogP contribution >= 0.6 is 0 Å². The minimum Gasteiger partial charge on any atom is -0.744 e. The minimum absolute atomic E-state index is 0.513. The Hall–Kier alpha value is -1.23. The highest BCUT2D eigenvalue weighted by Gasteiger charge is 2.14. The normalized spacial score (nSPS) is 12.7. The number of pyridine rings is 1. The van der Waals surface area contributed by atoms with Crippen molar-refractivity contribution in [3.05, 3.63) is 22.6 Å². The average Bonchev–Trinajstić information content (AvgIpc) is 1.99. The molecule has 10 heteroatoms. The highest BCUT2D eigenvalue weighted by Crippen LogP contribution is 2.05. The molecule has 0 aliphatic carbocycles. The van der Waals surface area contributed by atoms with Gasteiger partial charge in [-0.2, -0.15) is 0 Å². The van der Waals surface area contributed by atoms with Crippen LogP contribution < -0.4 is 5.43 Å². The standard InChI is InChI=1S/C5H5NO7S2/c7-5-3(14(8,9)10)1-6-2-4(5)15(11,12)13/h1-2H,(H,6,7)(H,8,9,10)(H,11,12,13)/p-2. The predicted octanol–water partition coefficient (Wildman–Crippen LogP) is -1.82. The maximum atomic E-state index is 11.1. The first-order valence-electron chi connectivity index (χ1n) is 3.27. The van der Waals surface area contributed by atoms with E-state index in [2.05, 4.69) is 0 Å². The van der Waals surface area contributed by atoms with Crippen molar-refractivity contribution >= 4 is 20.2 Å². The Morgan fingerprint density at radius 1 is 0.933 bits per heavy atom. The Labute approximate surface area is 84.1 Å². The van der Waals surface area contributed by atoms with Crippen LogP contribution in [-0.4, -0.2) is 30.9 Å². The molecule has 0 atom stereocenters. The largest absolute Gasteiger partial charge is 0.744 e. The number of nitrogens with one attached hydrogen (secondary N) is 1. The summed E-state index contributed by atoms with van der Waals surface area (Å²) in [5.41, 5.74) is -1.63. The van der Waals surface area contributed by atoms with E-state index in [1.54, 1.807) is 0 Å². The predicted molar refractivity (Wildman–Crippen MR) is 43.0 cm³/mol. The summed E-state index contributed by atoms with van der Waals surface area (Å²) in [4.78, 5) is 10.4. The van der Waals surface area contributed by atoms with Crippen LogP contribution in [0.15, 0.2) is 27.0 Å². The van der Waals surface area contributed by atoms with Crippen molar-refractivity contribution in [3.63, 3.8) is 0 Å². The molecule has 0 aromatic carbocycles. The van der Waals surface area contributed by atoms with E-state index in [-0.39, 0.29) is 0 Å². The Bertz CT molecular complexity index is 585. The van der Waals surface area contributed by atoms with Crippen molar-refractivity contribution < 1.29 is 25.9 Å². The van der Waals surface area contributed by atoms with E-state index in [9.17, 15) is 30.7 Å². The van der Waals surface area contributed by atoms with Crippen molar-refractivity contribution in [1.82, 2.24) is 4.98 Å². The van der Waals surface area contributed by atoms with Crippen LogP contribution in [0.4, 0.5) is 0 Å². The van der Waals surface area contributed by atoms with Gasteiger partial charge in [0.2, 0.25) is 5.43 Å². The molecule has 0 saturated heterocycles. The first-order valence-corrected chi connectivity index (χ1v) is 6.08. The van der Waals surface area contributed by atoms with E-state index in [4.69, 9.17) is 0 Å². The average molecular weight is 253 g/mol. The molecule has 8 nitrogen and oxygen atoms in total. The molecule has 0 radical (unpaired) electrons. The first-order chi connectivity index (χ1) is 6.64. The third-order valence-electron chi connectivity index (χ3n) is 1.42. The van der Waals surface area contributed by atoms with E-state index in [0.29, 0.717) is 12.4 Å². The lowest BCUT2D eigenvalue weighted by Crippen LogP contribution is -2.21. The fourth-order valence-corrected chi connectivity index (χ4v) is 1.98. The van der Waals surface area contributed by atoms with E-state index in [1.807, 2.05) is 4.98 Å². The molecule has 1 aromatic rings. The van der Waals surface area contributed by atoms with Crippen LogP contribution in [0.3, 0.4) is 0 Å². The summed E-state index contributed by atoms with van der Waals surface area (Å²) in [6.45, 7) is 0. The molecule has 0 aliphatic rings. The molecule has 1 aromatic heterocycles. The van der Waals surface area contributed by atoms with Gasteiger partial charge in [-0.3, -0.25) is 4.79 Å². The van der Waals surface area contributed by atoms with Crippen LogP contribution in [0, 0.1) is 0 Å². The quantitative estimate of drug-likeness (QED) is 0.610. The SMILES string of the molecule is O=c1c(S(=O)(=O)[O-])c[nH]cc1S(=O)(=O)[O-]. The number of rotatable bonds is 2. The van der Waals surface area contributed by atoms with Crippen LogP contribution in [0.5, 0.6) is 0 Å².